The Morgan fingerprint density at radius 1 is 0.850 bits per heavy atom. The number of aldehydes is 1. The summed E-state index contributed by atoms with van der Waals surface area (Å²) in [5.41, 5.74) is 4.59. The van der Waals surface area contributed by atoms with E-state index < -0.39 is 5.41 Å². The predicted molar refractivity (Wildman–Crippen MR) is 154 cm³/mol. The second-order valence-electron chi connectivity index (χ2n) is 10.8. The van der Waals surface area contributed by atoms with Gasteiger partial charge in [0.2, 0.25) is 17.7 Å². The number of fused-ring (bicyclic) bond motifs is 1. The Bertz CT molecular complexity index is 1530. The van der Waals surface area contributed by atoms with Crippen LogP contribution in [0.15, 0.2) is 91.0 Å². The Morgan fingerprint density at radius 2 is 1.48 bits per heavy atom. The lowest BCUT2D eigenvalue weighted by Crippen LogP contribution is -2.47. The van der Waals surface area contributed by atoms with E-state index in [-0.39, 0.29) is 11.8 Å². The molecule has 0 spiro atoms. The molecule has 7 nitrogen and oxygen atoms in total. The number of nitrogens with zero attached hydrogens (tertiary/aromatic N) is 3. The molecule has 6 rings (SSSR count). The number of pyridine rings is 1. The van der Waals surface area contributed by atoms with Crippen LogP contribution in [0, 0.1) is 5.92 Å². The van der Waals surface area contributed by atoms with Gasteiger partial charge in [0.1, 0.15) is 25.2 Å². The minimum Gasteiger partial charge on any atom is -0.473 e. The fourth-order valence-electron chi connectivity index (χ4n) is 5.20. The molecule has 0 saturated carbocycles. The van der Waals surface area contributed by atoms with Gasteiger partial charge in [-0.15, -0.1) is 0 Å². The fraction of sp³-hybridized carbons (Fsp3) is 0.242. The van der Waals surface area contributed by atoms with Crippen molar-refractivity contribution in [3.63, 3.8) is 0 Å². The van der Waals surface area contributed by atoms with Crippen molar-refractivity contribution in [1.82, 2.24) is 4.98 Å². The third kappa shape index (κ3) is 4.79. The Labute approximate surface area is 234 Å². The molecule has 3 aromatic carbocycles. The number of hydrogen-bond donors (Lipinski definition) is 0. The van der Waals surface area contributed by atoms with E-state index in [1.807, 2.05) is 92.7 Å². The van der Waals surface area contributed by atoms with Crippen LogP contribution in [0.25, 0.3) is 0 Å². The monoisotopic (exact) mass is 533 g/mol. The molecule has 1 saturated heterocycles. The van der Waals surface area contributed by atoms with Crippen LogP contribution in [-0.2, 0) is 28.2 Å². The molecule has 0 unspecified atom stereocenters. The van der Waals surface area contributed by atoms with Crippen LogP contribution in [0.3, 0.4) is 0 Å². The lowest BCUT2D eigenvalue weighted by Gasteiger charge is -2.38. The van der Waals surface area contributed by atoms with Crippen LogP contribution in [0.2, 0.25) is 0 Å². The van der Waals surface area contributed by atoms with Crippen LogP contribution in [0.5, 0.6) is 11.8 Å². The van der Waals surface area contributed by atoms with E-state index >= 15 is 0 Å². The number of benzene rings is 3. The Kier molecular flexibility index (Phi) is 6.72. The minimum absolute atomic E-state index is 0.0571. The number of anilines is 3. The lowest BCUT2D eigenvalue weighted by atomic mass is 9.85. The summed E-state index contributed by atoms with van der Waals surface area (Å²) in [6, 6.07) is 29.4. The van der Waals surface area contributed by atoms with E-state index in [0.717, 1.165) is 34.4 Å². The molecule has 1 aromatic heterocycles. The highest BCUT2D eigenvalue weighted by Crippen LogP contribution is 2.49. The standard InChI is InChI=1S/C33H31N3O4/c1-33(2)27-17-26(35-18-25(19-35)20-37)13-14-28(27)36(32(33)38)29-15-16-30(39-21-23-9-5-3-6-10-23)34-31(29)40-22-24-11-7-4-8-12-24/h3-17,20,25H,18-19,21-22H2,1-2H3. The van der Waals surface area contributed by atoms with E-state index in [0.29, 0.717) is 43.8 Å². The topological polar surface area (TPSA) is 72.0 Å². The maximum Gasteiger partial charge on any atom is 0.242 e. The molecule has 7 heteroatoms. The van der Waals surface area contributed by atoms with Gasteiger partial charge in [-0.1, -0.05) is 60.7 Å². The number of ether oxygens (including phenoxy) is 2. The van der Waals surface area contributed by atoms with Crippen LogP contribution in [0.1, 0.15) is 30.5 Å². The zero-order chi connectivity index (χ0) is 27.7. The van der Waals surface area contributed by atoms with E-state index in [2.05, 4.69) is 11.0 Å². The van der Waals surface area contributed by atoms with Gasteiger partial charge in [-0.2, -0.15) is 4.98 Å². The summed E-state index contributed by atoms with van der Waals surface area (Å²) in [7, 11) is 0. The molecule has 0 radical (unpaired) electrons. The second-order valence-corrected chi connectivity index (χ2v) is 10.8. The molecule has 1 amide bonds. The summed E-state index contributed by atoms with van der Waals surface area (Å²) >= 11 is 0. The number of amides is 1. The van der Waals surface area contributed by atoms with E-state index in [1.165, 1.54) is 0 Å². The van der Waals surface area contributed by atoms with Gasteiger partial charge in [0.15, 0.2) is 0 Å². The zero-order valence-corrected chi connectivity index (χ0v) is 22.6. The second kappa shape index (κ2) is 10.5. The van der Waals surface area contributed by atoms with Gasteiger partial charge in [0, 0.05) is 30.8 Å². The van der Waals surface area contributed by atoms with Gasteiger partial charge >= 0.3 is 0 Å². The van der Waals surface area contributed by atoms with Crippen molar-refractivity contribution >= 4 is 29.3 Å². The minimum atomic E-state index is -0.751. The number of carbonyl (C=O) groups is 2. The molecule has 1 fully saturated rings. The third-order valence-electron chi connectivity index (χ3n) is 7.60. The molecule has 0 atom stereocenters. The molecule has 0 N–H and O–H groups in total. The number of carbonyl (C=O) groups excluding carboxylic acids is 2. The van der Waals surface area contributed by atoms with Crippen LogP contribution in [-0.4, -0.2) is 30.3 Å². The molecule has 202 valence electrons. The molecular weight excluding hydrogens is 502 g/mol. The summed E-state index contributed by atoms with van der Waals surface area (Å²) in [4.78, 5) is 33.6. The number of hydrogen-bond acceptors (Lipinski definition) is 6. The molecule has 2 aliphatic heterocycles. The van der Waals surface area contributed by atoms with Crippen molar-refractivity contribution in [3.05, 3.63) is 108 Å². The average molecular weight is 534 g/mol. The van der Waals surface area contributed by atoms with Gasteiger partial charge in [-0.3, -0.25) is 9.69 Å². The van der Waals surface area contributed by atoms with Crippen molar-refractivity contribution in [2.45, 2.75) is 32.5 Å². The lowest BCUT2D eigenvalue weighted by molar-refractivity contribution is -0.121. The largest absolute Gasteiger partial charge is 0.473 e. The summed E-state index contributed by atoms with van der Waals surface area (Å²) < 4.78 is 12.2. The average Bonchev–Trinajstić information content (AvgIpc) is 3.16. The van der Waals surface area contributed by atoms with E-state index in [4.69, 9.17) is 14.5 Å². The maximum absolute atomic E-state index is 13.9. The van der Waals surface area contributed by atoms with Crippen LogP contribution in [0.4, 0.5) is 17.1 Å². The molecule has 2 aliphatic rings. The first-order valence-corrected chi connectivity index (χ1v) is 13.5. The van der Waals surface area contributed by atoms with Crippen molar-refractivity contribution in [3.8, 4) is 11.8 Å². The highest BCUT2D eigenvalue weighted by Gasteiger charge is 2.46. The number of rotatable bonds is 9. The van der Waals surface area contributed by atoms with Crippen molar-refractivity contribution < 1.29 is 19.1 Å². The molecule has 0 bridgehead atoms. The molecule has 0 aliphatic carbocycles. The maximum atomic E-state index is 13.9. The fourth-order valence-corrected chi connectivity index (χ4v) is 5.20. The SMILES string of the molecule is CC1(C)C(=O)N(c2ccc(OCc3ccccc3)nc2OCc2ccccc2)c2ccc(N3CC(C=O)C3)cc21. The molecule has 3 heterocycles. The van der Waals surface area contributed by atoms with Crippen LogP contribution >= 0.6 is 0 Å². The summed E-state index contributed by atoms with van der Waals surface area (Å²) in [5, 5.41) is 0. The smallest absolute Gasteiger partial charge is 0.242 e. The molecule has 4 aromatic rings. The quantitative estimate of drug-likeness (QED) is 0.252. The van der Waals surface area contributed by atoms with Crippen molar-refractivity contribution in [2.75, 3.05) is 22.9 Å². The zero-order valence-electron chi connectivity index (χ0n) is 22.6. The van der Waals surface area contributed by atoms with Gasteiger partial charge in [0.05, 0.1) is 11.1 Å². The predicted octanol–water partition coefficient (Wildman–Crippen LogP) is 5.83. The van der Waals surface area contributed by atoms with Crippen LogP contribution < -0.4 is 19.3 Å². The van der Waals surface area contributed by atoms with Crippen molar-refractivity contribution in [2.24, 2.45) is 5.92 Å². The Balaban J connectivity index is 1.34. The van der Waals surface area contributed by atoms with Gasteiger partial charge in [-0.05, 0) is 54.8 Å². The molecular formula is C33H31N3O4. The Morgan fingerprint density at radius 3 is 2.12 bits per heavy atom. The summed E-state index contributed by atoms with van der Waals surface area (Å²) in [6.07, 6.45) is 1.01. The highest BCUT2D eigenvalue weighted by molar-refractivity contribution is 6.13. The highest BCUT2D eigenvalue weighted by atomic mass is 16.5. The van der Waals surface area contributed by atoms with Gasteiger partial charge < -0.3 is 19.2 Å². The number of aromatic nitrogens is 1. The van der Waals surface area contributed by atoms with E-state index in [9.17, 15) is 9.59 Å². The first-order chi connectivity index (χ1) is 19.4. The van der Waals surface area contributed by atoms with Crippen molar-refractivity contribution in [1.29, 1.82) is 0 Å². The Hall–Kier alpha value is -4.65. The summed E-state index contributed by atoms with van der Waals surface area (Å²) in [5.74, 6) is 0.752. The summed E-state index contributed by atoms with van der Waals surface area (Å²) in [6.45, 7) is 5.95. The van der Waals surface area contributed by atoms with E-state index in [1.54, 1.807) is 11.0 Å². The first-order valence-electron chi connectivity index (χ1n) is 13.5. The van der Waals surface area contributed by atoms with Gasteiger partial charge in [0.25, 0.3) is 0 Å². The third-order valence-corrected chi connectivity index (χ3v) is 7.60. The first kappa shape index (κ1) is 25.6. The molecule has 40 heavy (non-hydrogen) atoms. The van der Waals surface area contributed by atoms with Gasteiger partial charge in [-0.25, -0.2) is 0 Å². The normalized spacial score (nSPS) is 15.9.